The number of nitrogens with zero attached hydrogens (tertiary/aromatic N) is 1. The zero-order valence-corrected chi connectivity index (χ0v) is 18.6. The molecule has 2 unspecified atom stereocenters. The molecule has 1 aliphatic heterocycles. The molecule has 0 bridgehead atoms. The summed E-state index contributed by atoms with van der Waals surface area (Å²) in [7, 11) is -3.03. The molecule has 5 nitrogen and oxygen atoms in total. The number of benzene rings is 3. The molecule has 0 spiro atoms. The van der Waals surface area contributed by atoms with Gasteiger partial charge < -0.3 is 9.84 Å². The molecule has 6 heteroatoms. The van der Waals surface area contributed by atoms with E-state index in [1.807, 2.05) is 49.4 Å². The van der Waals surface area contributed by atoms with Gasteiger partial charge in [-0.2, -0.15) is 0 Å². The summed E-state index contributed by atoms with van der Waals surface area (Å²) in [6.45, 7) is 3.10. The summed E-state index contributed by atoms with van der Waals surface area (Å²) in [5, 5.41) is 13.0. The third-order valence-electron chi connectivity index (χ3n) is 5.86. The van der Waals surface area contributed by atoms with Gasteiger partial charge >= 0.3 is 0 Å². The van der Waals surface area contributed by atoms with Crippen molar-refractivity contribution < 1.29 is 18.3 Å². The Labute approximate surface area is 184 Å². The summed E-state index contributed by atoms with van der Waals surface area (Å²) in [6.07, 6.45) is -0.128. The van der Waals surface area contributed by atoms with Crippen LogP contribution in [0.15, 0.2) is 66.7 Å². The SMILES string of the molecule is Cc1cccc(OCC(O)CN(Cc2cccc3ccccc23)C2CCS(=O)(=O)C2)c1. The van der Waals surface area contributed by atoms with Gasteiger partial charge in [0, 0.05) is 19.1 Å². The Balaban J connectivity index is 1.50. The molecule has 0 radical (unpaired) electrons. The van der Waals surface area contributed by atoms with Crippen LogP contribution in [-0.2, 0) is 16.4 Å². The maximum atomic E-state index is 12.1. The normalized spacial score (nSPS) is 19.0. The highest BCUT2D eigenvalue weighted by Crippen LogP contribution is 2.25. The Kier molecular flexibility index (Phi) is 6.60. The highest BCUT2D eigenvalue weighted by molar-refractivity contribution is 7.91. The van der Waals surface area contributed by atoms with Gasteiger partial charge in [0.15, 0.2) is 9.84 Å². The van der Waals surface area contributed by atoms with Crippen LogP contribution in [0, 0.1) is 6.92 Å². The van der Waals surface area contributed by atoms with Crippen LogP contribution in [0.3, 0.4) is 0 Å². The highest BCUT2D eigenvalue weighted by Gasteiger charge is 2.33. The molecule has 3 aromatic rings. The van der Waals surface area contributed by atoms with Crippen molar-refractivity contribution >= 4 is 20.6 Å². The number of ether oxygens (including phenoxy) is 1. The molecule has 1 fully saturated rings. The number of hydrogen-bond acceptors (Lipinski definition) is 5. The molecule has 4 rings (SSSR count). The van der Waals surface area contributed by atoms with Gasteiger partial charge in [-0.15, -0.1) is 0 Å². The van der Waals surface area contributed by atoms with E-state index in [0.29, 0.717) is 19.5 Å². The van der Waals surface area contributed by atoms with Crippen molar-refractivity contribution in [3.63, 3.8) is 0 Å². The van der Waals surface area contributed by atoms with Crippen LogP contribution in [0.5, 0.6) is 5.75 Å². The van der Waals surface area contributed by atoms with E-state index in [9.17, 15) is 13.5 Å². The van der Waals surface area contributed by atoms with Gasteiger partial charge in [-0.05, 0) is 47.4 Å². The Morgan fingerprint density at radius 2 is 1.87 bits per heavy atom. The molecule has 0 saturated carbocycles. The van der Waals surface area contributed by atoms with Crippen molar-refractivity contribution in [1.29, 1.82) is 0 Å². The van der Waals surface area contributed by atoms with Gasteiger partial charge in [0.1, 0.15) is 18.5 Å². The average Bonchev–Trinajstić information content (AvgIpc) is 3.12. The van der Waals surface area contributed by atoms with Crippen molar-refractivity contribution in [2.45, 2.75) is 32.0 Å². The number of rotatable bonds is 8. The van der Waals surface area contributed by atoms with Gasteiger partial charge in [-0.25, -0.2) is 8.42 Å². The van der Waals surface area contributed by atoms with Crippen LogP contribution >= 0.6 is 0 Å². The third kappa shape index (κ3) is 5.64. The summed E-state index contributed by atoms with van der Waals surface area (Å²) >= 11 is 0. The first-order valence-electron chi connectivity index (χ1n) is 10.7. The Hall–Kier alpha value is -2.41. The van der Waals surface area contributed by atoms with Crippen molar-refractivity contribution in [1.82, 2.24) is 4.90 Å². The van der Waals surface area contributed by atoms with Crippen LogP contribution < -0.4 is 4.74 Å². The number of hydrogen-bond donors (Lipinski definition) is 1. The van der Waals surface area contributed by atoms with Crippen LogP contribution in [0.4, 0.5) is 0 Å². The molecular weight excluding hydrogens is 410 g/mol. The number of aliphatic hydroxyl groups is 1. The van der Waals surface area contributed by atoms with Crippen molar-refractivity contribution in [2.75, 3.05) is 24.7 Å². The molecule has 1 N–H and O–H groups in total. The molecule has 1 aliphatic rings. The summed E-state index contributed by atoms with van der Waals surface area (Å²) in [5.41, 5.74) is 2.23. The van der Waals surface area contributed by atoms with E-state index in [4.69, 9.17) is 4.74 Å². The van der Waals surface area contributed by atoms with E-state index in [1.165, 1.54) is 0 Å². The summed E-state index contributed by atoms with van der Waals surface area (Å²) in [4.78, 5) is 2.11. The maximum Gasteiger partial charge on any atom is 0.151 e. The Morgan fingerprint density at radius 1 is 1.10 bits per heavy atom. The highest BCUT2D eigenvalue weighted by atomic mass is 32.2. The molecule has 2 atom stereocenters. The minimum absolute atomic E-state index is 0.0995. The standard InChI is InChI=1S/C25H29NO4S/c1-19-6-4-10-24(14-19)30-17-23(27)16-26(22-12-13-31(28,29)18-22)15-21-9-5-8-20-7-2-3-11-25(20)21/h2-11,14,22-23,27H,12-13,15-18H2,1H3. The second-order valence-corrected chi connectivity index (χ2v) is 10.6. The minimum Gasteiger partial charge on any atom is -0.491 e. The summed E-state index contributed by atoms with van der Waals surface area (Å²) in [5.74, 6) is 1.08. The zero-order chi connectivity index (χ0) is 21.8. The van der Waals surface area contributed by atoms with E-state index in [1.54, 1.807) is 0 Å². The first-order valence-corrected chi connectivity index (χ1v) is 12.5. The smallest absolute Gasteiger partial charge is 0.151 e. The number of sulfone groups is 1. The molecule has 164 valence electrons. The molecule has 31 heavy (non-hydrogen) atoms. The molecule has 0 amide bonds. The van der Waals surface area contributed by atoms with E-state index in [2.05, 4.69) is 29.2 Å². The lowest BCUT2D eigenvalue weighted by molar-refractivity contribution is 0.0526. The lowest BCUT2D eigenvalue weighted by Gasteiger charge is -2.30. The van der Waals surface area contributed by atoms with E-state index < -0.39 is 15.9 Å². The maximum absolute atomic E-state index is 12.1. The quantitative estimate of drug-likeness (QED) is 0.581. The monoisotopic (exact) mass is 439 g/mol. The van der Waals surface area contributed by atoms with E-state index in [-0.39, 0.29) is 24.2 Å². The van der Waals surface area contributed by atoms with E-state index >= 15 is 0 Å². The number of aliphatic hydroxyl groups excluding tert-OH is 1. The first kappa shape index (κ1) is 21.8. The molecule has 1 heterocycles. The molecule has 1 saturated heterocycles. The fourth-order valence-electron chi connectivity index (χ4n) is 4.28. The Bertz CT molecular complexity index is 1140. The van der Waals surface area contributed by atoms with Crippen molar-refractivity contribution in [2.24, 2.45) is 0 Å². The van der Waals surface area contributed by atoms with Crippen LogP contribution in [0.1, 0.15) is 17.5 Å². The fraction of sp³-hybridized carbons (Fsp3) is 0.360. The molecular formula is C25H29NO4S. The van der Waals surface area contributed by atoms with E-state index in [0.717, 1.165) is 27.6 Å². The average molecular weight is 440 g/mol. The Morgan fingerprint density at radius 3 is 2.65 bits per heavy atom. The second kappa shape index (κ2) is 9.39. The van der Waals surface area contributed by atoms with Crippen molar-refractivity contribution in [3.05, 3.63) is 77.9 Å². The molecule has 3 aromatic carbocycles. The largest absolute Gasteiger partial charge is 0.491 e. The molecule has 0 aliphatic carbocycles. The van der Waals surface area contributed by atoms with Gasteiger partial charge in [0.2, 0.25) is 0 Å². The predicted octanol–water partition coefficient (Wildman–Crippen LogP) is 3.58. The zero-order valence-electron chi connectivity index (χ0n) is 17.8. The van der Waals surface area contributed by atoms with Gasteiger partial charge in [-0.1, -0.05) is 54.6 Å². The fourth-order valence-corrected chi connectivity index (χ4v) is 6.04. The van der Waals surface area contributed by atoms with Gasteiger partial charge in [0.25, 0.3) is 0 Å². The minimum atomic E-state index is -3.03. The lowest BCUT2D eigenvalue weighted by Crippen LogP contribution is -2.42. The topological polar surface area (TPSA) is 66.8 Å². The second-order valence-electron chi connectivity index (χ2n) is 8.41. The lowest BCUT2D eigenvalue weighted by atomic mass is 10.0. The number of fused-ring (bicyclic) bond motifs is 1. The van der Waals surface area contributed by atoms with Crippen LogP contribution in [0.25, 0.3) is 10.8 Å². The van der Waals surface area contributed by atoms with Gasteiger partial charge in [0.05, 0.1) is 11.5 Å². The summed E-state index contributed by atoms with van der Waals surface area (Å²) < 4.78 is 30.0. The van der Waals surface area contributed by atoms with Gasteiger partial charge in [-0.3, -0.25) is 4.90 Å². The predicted molar refractivity (Wildman–Crippen MR) is 124 cm³/mol. The number of aryl methyl sites for hydroxylation is 1. The summed E-state index contributed by atoms with van der Waals surface area (Å²) in [6, 6.07) is 22.0. The van der Waals surface area contributed by atoms with Crippen molar-refractivity contribution in [3.8, 4) is 5.75 Å². The first-order chi connectivity index (χ1) is 14.9. The van der Waals surface area contributed by atoms with Crippen LogP contribution in [-0.4, -0.2) is 55.2 Å². The van der Waals surface area contributed by atoms with Crippen LogP contribution in [0.2, 0.25) is 0 Å². The third-order valence-corrected chi connectivity index (χ3v) is 7.61. The molecule has 0 aromatic heterocycles.